The minimum atomic E-state index is -3.02. The van der Waals surface area contributed by atoms with Crippen molar-refractivity contribution >= 4 is 33.5 Å². The van der Waals surface area contributed by atoms with Gasteiger partial charge in [0.25, 0.3) is 11.8 Å². The number of nitrogens with two attached hydrogens (primary N) is 1. The fraction of sp³-hybridized carbons (Fsp3) is 0.429. The highest BCUT2D eigenvalue weighted by atomic mass is 19.3. The standard InChI is InChI=1S/C28H32F2N6O3/c1-33-25-20(11-18(13-23(25)39-2)27(38)35-15-19(31)14-28(29,30)16-35)32-26(33)22-12-17-5-3-6-21-24(17)36(22)9-8-34(21)7-4-10-37/h3,5-6,11-13,19,37H,4,7-10,14-16,31H2,1-2H3/t19-/m1/s1. The molecular formula is C28H32F2N6O3. The number of aliphatic hydroxyl groups is 1. The van der Waals surface area contributed by atoms with Crippen LogP contribution in [0, 0.1) is 0 Å². The molecule has 4 aromatic rings. The molecule has 0 saturated carbocycles. The lowest BCUT2D eigenvalue weighted by Gasteiger charge is -2.36. The van der Waals surface area contributed by atoms with Crippen LogP contribution in [0.25, 0.3) is 33.5 Å². The zero-order valence-electron chi connectivity index (χ0n) is 22.0. The van der Waals surface area contributed by atoms with Crippen molar-refractivity contribution in [2.45, 2.75) is 31.4 Å². The fourth-order valence-corrected chi connectivity index (χ4v) is 6.11. The van der Waals surface area contributed by atoms with E-state index >= 15 is 0 Å². The molecule has 4 heterocycles. The number of nitrogens with zero attached hydrogens (tertiary/aromatic N) is 5. The van der Waals surface area contributed by atoms with Crippen molar-refractivity contribution in [3.63, 3.8) is 0 Å². The van der Waals surface area contributed by atoms with Crippen LogP contribution in [-0.4, -0.2) is 81.9 Å². The van der Waals surface area contributed by atoms with Gasteiger partial charge in [0, 0.05) is 63.2 Å². The lowest BCUT2D eigenvalue weighted by molar-refractivity contribution is -0.0621. The molecule has 3 N–H and O–H groups in total. The number of anilines is 1. The fourth-order valence-electron chi connectivity index (χ4n) is 6.11. The molecule has 0 aliphatic carbocycles. The van der Waals surface area contributed by atoms with E-state index in [4.69, 9.17) is 15.5 Å². The van der Waals surface area contributed by atoms with Crippen LogP contribution in [0.2, 0.25) is 0 Å². The third-order valence-electron chi connectivity index (χ3n) is 7.77. The number of hydrogen-bond donors (Lipinski definition) is 2. The number of fused-ring (bicyclic) bond motifs is 1. The summed E-state index contributed by atoms with van der Waals surface area (Å²) < 4.78 is 38.2. The topological polar surface area (TPSA) is 102 Å². The first-order chi connectivity index (χ1) is 18.7. The molecule has 0 bridgehead atoms. The van der Waals surface area contributed by atoms with Gasteiger partial charge in [-0.05, 0) is 30.7 Å². The zero-order valence-corrected chi connectivity index (χ0v) is 22.0. The van der Waals surface area contributed by atoms with Crippen LogP contribution in [0.15, 0.2) is 36.4 Å². The molecule has 2 aliphatic heterocycles. The molecule has 1 fully saturated rings. The maximum atomic E-state index is 14.2. The lowest BCUT2D eigenvalue weighted by atomic mass is 10.0. The summed E-state index contributed by atoms with van der Waals surface area (Å²) in [4.78, 5) is 21.6. The van der Waals surface area contributed by atoms with Crippen LogP contribution in [0.3, 0.4) is 0 Å². The minimum absolute atomic E-state index is 0.0694. The van der Waals surface area contributed by atoms with Crippen molar-refractivity contribution in [3.05, 3.63) is 42.0 Å². The molecule has 2 aliphatic rings. The number of aliphatic hydroxyl groups excluding tert-OH is 1. The van der Waals surface area contributed by atoms with Crippen LogP contribution in [-0.2, 0) is 13.6 Å². The molecule has 1 atom stereocenters. The number of piperidine rings is 1. The summed E-state index contributed by atoms with van der Waals surface area (Å²) in [6, 6.07) is 10.8. The number of carbonyl (C=O) groups is 1. The number of carbonyl (C=O) groups excluding carboxylic acids is 1. The van der Waals surface area contributed by atoms with E-state index in [1.807, 2.05) is 17.7 Å². The molecular weight excluding hydrogens is 506 g/mol. The van der Waals surface area contributed by atoms with Crippen molar-refractivity contribution in [2.24, 2.45) is 12.8 Å². The van der Waals surface area contributed by atoms with Gasteiger partial charge in [-0.15, -0.1) is 0 Å². The number of imidazole rings is 1. The Balaban J connectivity index is 1.44. The molecule has 1 amide bonds. The van der Waals surface area contributed by atoms with Gasteiger partial charge in [-0.2, -0.15) is 0 Å². The molecule has 11 heteroatoms. The van der Waals surface area contributed by atoms with E-state index < -0.39 is 30.8 Å². The Bertz CT molecular complexity index is 1580. The molecule has 206 valence electrons. The summed E-state index contributed by atoms with van der Waals surface area (Å²) in [5, 5.41) is 10.4. The zero-order chi connectivity index (χ0) is 27.5. The predicted molar refractivity (Wildman–Crippen MR) is 146 cm³/mol. The van der Waals surface area contributed by atoms with E-state index in [0.29, 0.717) is 29.0 Å². The van der Waals surface area contributed by atoms with Gasteiger partial charge in [-0.3, -0.25) is 4.79 Å². The van der Waals surface area contributed by atoms with Gasteiger partial charge in [0.1, 0.15) is 11.3 Å². The number of alkyl halides is 2. The van der Waals surface area contributed by atoms with E-state index in [9.17, 15) is 18.7 Å². The third-order valence-corrected chi connectivity index (χ3v) is 7.77. The van der Waals surface area contributed by atoms with E-state index in [-0.39, 0.29) is 18.7 Å². The van der Waals surface area contributed by atoms with Gasteiger partial charge in [0.05, 0.1) is 36.1 Å². The summed E-state index contributed by atoms with van der Waals surface area (Å²) in [6.45, 7) is 1.91. The van der Waals surface area contributed by atoms with E-state index in [1.54, 1.807) is 12.1 Å². The highest BCUT2D eigenvalue weighted by Crippen LogP contribution is 2.39. The average molecular weight is 539 g/mol. The monoisotopic (exact) mass is 538 g/mol. The first-order valence-electron chi connectivity index (χ1n) is 13.2. The van der Waals surface area contributed by atoms with E-state index in [1.165, 1.54) is 7.11 Å². The molecule has 2 aromatic heterocycles. The van der Waals surface area contributed by atoms with Crippen LogP contribution in [0.5, 0.6) is 5.75 Å². The SMILES string of the molecule is COc1cc(C(=O)N2C[C@H](N)CC(F)(F)C2)cc2nc(-c3cc4cccc5c4n3CCN5CCCO)n(C)c12. The second-order valence-corrected chi connectivity index (χ2v) is 10.5. The van der Waals surface area contributed by atoms with Gasteiger partial charge in [0.15, 0.2) is 5.82 Å². The number of aryl methyl sites for hydroxylation is 1. The van der Waals surface area contributed by atoms with E-state index in [2.05, 4.69) is 27.7 Å². The molecule has 2 aromatic carbocycles. The van der Waals surface area contributed by atoms with Gasteiger partial charge in [-0.1, -0.05) is 12.1 Å². The second-order valence-electron chi connectivity index (χ2n) is 10.5. The maximum Gasteiger partial charge on any atom is 0.266 e. The summed E-state index contributed by atoms with van der Waals surface area (Å²) in [5.41, 5.74) is 10.5. The highest BCUT2D eigenvalue weighted by molar-refractivity contribution is 6.01. The largest absolute Gasteiger partial charge is 0.494 e. The maximum absolute atomic E-state index is 14.2. The third kappa shape index (κ3) is 4.29. The number of aromatic nitrogens is 3. The minimum Gasteiger partial charge on any atom is -0.494 e. The smallest absolute Gasteiger partial charge is 0.266 e. The number of hydrogen-bond acceptors (Lipinski definition) is 6. The number of methoxy groups -OCH3 is 1. The quantitative estimate of drug-likeness (QED) is 0.391. The van der Waals surface area contributed by atoms with Crippen molar-refractivity contribution in [1.29, 1.82) is 0 Å². The lowest BCUT2D eigenvalue weighted by Crippen LogP contribution is -2.54. The normalized spacial score (nSPS) is 18.8. The Morgan fingerprint density at radius 3 is 2.79 bits per heavy atom. The Labute approximate surface area is 224 Å². The van der Waals surface area contributed by atoms with Crippen LogP contribution in [0.4, 0.5) is 14.5 Å². The van der Waals surface area contributed by atoms with E-state index in [0.717, 1.165) is 46.8 Å². The van der Waals surface area contributed by atoms with Crippen LogP contribution < -0.4 is 15.4 Å². The van der Waals surface area contributed by atoms with Gasteiger partial charge in [0.2, 0.25) is 0 Å². The number of amides is 1. The Morgan fingerprint density at radius 1 is 1.23 bits per heavy atom. The molecule has 39 heavy (non-hydrogen) atoms. The molecule has 0 radical (unpaired) electrons. The number of para-hydroxylation sites is 1. The van der Waals surface area contributed by atoms with Crippen molar-refractivity contribution in [1.82, 2.24) is 19.0 Å². The summed E-state index contributed by atoms with van der Waals surface area (Å²) in [6.07, 6.45) is 0.272. The average Bonchev–Trinajstić information content (AvgIpc) is 3.44. The van der Waals surface area contributed by atoms with Gasteiger partial charge < -0.3 is 34.5 Å². The number of likely N-dealkylation sites (tertiary alicyclic amines) is 1. The predicted octanol–water partition coefficient (Wildman–Crippen LogP) is 3.21. The summed E-state index contributed by atoms with van der Waals surface area (Å²) in [7, 11) is 3.42. The van der Waals surface area contributed by atoms with Crippen molar-refractivity contribution in [2.75, 3.05) is 44.8 Å². The molecule has 0 unspecified atom stereocenters. The second kappa shape index (κ2) is 9.49. The molecule has 9 nitrogen and oxygen atoms in total. The Hall–Kier alpha value is -3.70. The Kier molecular flexibility index (Phi) is 6.22. The Morgan fingerprint density at radius 2 is 2.05 bits per heavy atom. The number of rotatable bonds is 6. The number of benzene rings is 2. The van der Waals surface area contributed by atoms with Crippen LogP contribution >= 0.6 is 0 Å². The summed E-state index contributed by atoms with van der Waals surface area (Å²) >= 11 is 0. The molecule has 0 spiro atoms. The number of halogens is 2. The highest BCUT2D eigenvalue weighted by Gasteiger charge is 2.41. The molecule has 6 rings (SSSR count). The first kappa shape index (κ1) is 25.6. The van der Waals surface area contributed by atoms with Crippen molar-refractivity contribution < 1.29 is 23.4 Å². The van der Waals surface area contributed by atoms with Gasteiger partial charge in [-0.25, -0.2) is 13.8 Å². The molecule has 1 saturated heterocycles. The summed E-state index contributed by atoms with van der Waals surface area (Å²) in [5.74, 6) is -2.39. The number of ether oxygens (including phenoxy) is 1. The van der Waals surface area contributed by atoms with Crippen molar-refractivity contribution in [3.8, 4) is 17.3 Å². The van der Waals surface area contributed by atoms with Crippen LogP contribution in [0.1, 0.15) is 23.2 Å². The first-order valence-corrected chi connectivity index (χ1v) is 13.2. The van der Waals surface area contributed by atoms with Gasteiger partial charge >= 0.3 is 0 Å².